The van der Waals surface area contributed by atoms with Crippen molar-refractivity contribution in [3.8, 4) is 0 Å². The lowest BCUT2D eigenvalue weighted by Crippen LogP contribution is -2.39. The smallest absolute Gasteiger partial charge is 0.194 e. The summed E-state index contributed by atoms with van der Waals surface area (Å²) in [7, 11) is -3.25. The van der Waals surface area contributed by atoms with Crippen LogP contribution in [-0.2, 0) is 9.84 Å². The van der Waals surface area contributed by atoms with Crippen LogP contribution < -0.4 is 5.73 Å². The summed E-state index contributed by atoms with van der Waals surface area (Å²) in [5, 5.41) is 1.75. The summed E-state index contributed by atoms with van der Waals surface area (Å²) in [4.78, 5) is 0. The summed E-state index contributed by atoms with van der Waals surface area (Å²) in [6.07, 6.45) is 0. The molecule has 0 aromatic carbocycles. The Kier molecular flexibility index (Phi) is 2.79. The molecule has 0 aliphatic rings. The highest BCUT2D eigenvalue weighted by Gasteiger charge is 2.34. The first-order valence-electron chi connectivity index (χ1n) is 3.90. The zero-order valence-electron chi connectivity index (χ0n) is 7.65. The summed E-state index contributed by atoms with van der Waals surface area (Å²) >= 11 is 1.23. The van der Waals surface area contributed by atoms with Crippen molar-refractivity contribution in [3.63, 3.8) is 0 Å². The van der Waals surface area contributed by atoms with Crippen LogP contribution in [0.1, 0.15) is 13.8 Å². The average molecular weight is 219 g/mol. The van der Waals surface area contributed by atoms with Crippen molar-refractivity contribution in [2.24, 2.45) is 5.73 Å². The third-order valence-electron chi connectivity index (χ3n) is 1.98. The van der Waals surface area contributed by atoms with E-state index in [0.717, 1.165) is 0 Å². The van der Waals surface area contributed by atoms with Gasteiger partial charge in [-0.3, -0.25) is 0 Å². The average Bonchev–Trinajstić information content (AvgIpc) is 2.56. The van der Waals surface area contributed by atoms with E-state index in [0.29, 0.717) is 4.21 Å². The number of sulfone groups is 1. The van der Waals surface area contributed by atoms with Gasteiger partial charge in [-0.05, 0) is 25.3 Å². The van der Waals surface area contributed by atoms with E-state index in [9.17, 15) is 8.42 Å². The van der Waals surface area contributed by atoms with Crippen LogP contribution in [0.15, 0.2) is 21.7 Å². The number of nitrogens with two attached hydrogens (primary N) is 1. The van der Waals surface area contributed by atoms with Crippen LogP contribution >= 0.6 is 11.3 Å². The van der Waals surface area contributed by atoms with Gasteiger partial charge in [-0.25, -0.2) is 8.42 Å². The second-order valence-corrected chi connectivity index (χ2v) is 7.16. The normalized spacial score (nSPS) is 13.2. The van der Waals surface area contributed by atoms with Crippen LogP contribution in [-0.4, -0.2) is 19.7 Å². The fourth-order valence-corrected chi connectivity index (χ4v) is 3.62. The quantitative estimate of drug-likeness (QED) is 0.832. The van der Waals surface area contributed by atoms with E-state index in [2.05, 4.69) is 0 Å². The molecule has 0 saturated carbocycles. The Morgan fingerprint density at radius 3 is 2.54 bits per heavy atom. The van der Waals surface area contributed by atoms with Gasteiger partial charge in [0.25, 0.3) is 0 Å². The molecule has 74 valence electrons. The van der Waals surface area contributed by atoms with Crippen LogP contribution in [0, 0.1) is 0 Å². The Labute approximate surface area is 82.5 Å². The molecule has 1 heterocycles. The minimum atomic E-state index is -3.25. The monoisotopic (exact) mass is 219 g/mol. The highest BCUT2D eigenvalue weighted by atomic mass is 32.2. The van der Waals surface area contributed by atoms with Crippen LogP contribution in [0.25, 0.3) is 0 Å². The van der Waals surface area contributed by atoms with E-state index in [-0.39, 0.29) is 6.54 Å². The van der Waals surface area contributed by atoms with E-state index in [1.807, 2.05) is 0 Å². The molecule has 0 aliphatic carbocycles. The fraction of sp³-hybridized carbons (Fsp3) is 0.500. The van der Waals surface area contributed by atoms with Crippen molar-refractivity contribution in [2.75, 3.05) is 6.54 Å². The summed E-state index contributed by atoms with van der Waals surface area (Å²) < 4.78 is 23.3. The predicted molar refractivity (Wildman–Crippen MR) is 54.6 cm³/mol. The first-order chi connectivity index (χ1) is 5.92. The molecular formula is C8H13NO2S2. The summed E-state index contributed by atoms with van der Waals surface area (Å²) in [6, 6.07) is 3.33. The molecule has 3 nitrogen and oxygen atoms in total. The SMILES string of the molecule is CC(C)(CN)S(=O)(=O)c1cccs1. The maximum atomic E-state index is 11.9. The number of hydrogen-bond acceptors (Lipinski definition) is 4. The van der Waals surface area contributed by atoms with Crippen LogP contribution in [0.3, 0.4) is 0 Å². The number of rotatable bonds is 3. The molecule has 0 aliphatic heterocycles. The molecule has 0 amide bonds. The van der Waals surface area contributed by atoms with Gasteiger partial charge in [0.2, 0.25) is 0 Å². The molecular weight excluding hydrogens is 206 g/mol. The second kappa shape index (κ2) is 3.40. The topological polar surface area (TPSA) is 60.2 Å². The lowest BCUT2D eigenvalue weighted by Gasteiger charge is -2.21. The largest absolute Gasteiger partial charge is 0.329 e. The van der Waals surface area contributed by atoms with Crippen molar-refractivity contribution in [1.29, 1.82) is 0 Å². The van der Waals surface area contributed by atoms with Crippen molar-refractivity contribution < 1.29 is 8.42 Å². The van der Waals surface area contributed by atoms with Gasteiger partial charge in [-0.2, -0.15) is 0 Å². The van der Waals surface area contributed by atoms with E-state index >= 15 is 0 Å². The molecule has 5 heteroatoms. The Balaban J connectivity index is 3.18. The first-order valence-corrected chi connectivity index (χ1v) is 6.26. The third-order valence-corrected chi connectivity index (χ3v) is 5.87. The Bertz CT molecular complexity index is 365. The van der Waals surface area contributed by atoms with Crippen molar-refractivity contribution in [2.45, 2.75) is 22.8 Å². The van der Waals surface area contributed by atoms with Gasteiger partial charge in [0, 0.05) is 6.54 Å². The first kappa shape index (κ1) is 10.7. The van der Waals surface area contributed by atoms with Crippen LogP contribution in [0.5, 0.6) is 0 Å². The second-order valence-electron chi connectivity index (χ2n) is 3.40. The zero-order valence-corrected chi connectivity index (χ0v) is 9.28. The molecule has 0 radical (unpaired) electrons. The number of hydrogen-bond donors (Lipinski definition) is 1. The maximum Gasteiger partial charge on any atom is 0.194 e. The molecule has 0 fully saturated rings. The molecule has 1 aromatic rings. The number of thiophene rings is 1. The van der Waals surface area contributed by atoms with Gasteiger partial charge in [0.05, 0.1) is 4.75 Å². The standard InChI is InChI=1S/C8H13NO2S2/c1-8(2,6-9)13(10,11)7-4-3-5-12-7/h3-5H,6,9H2,1-2H3. The minimum Gasteiger partial charge on any atom is -0.329 e. The van der Waals surface area contributed by atoms with Crippen LogP contribution in [0.2, 0.25) is 0 Å². The summed E-state index contributed by atoms with van der Waals surface area (Å²) in [5.41, 5.74) is 5.42. The molecule has 0 atom stereocenters. The molecule has 0 spiro atoms. The van der Waals surface area contributed by atoms with E-state index in [4.69, 9.17) is 5.73 Å². The lowest BCUT2D eigenvalue weighted by molar-refractivity contribution is 0.551. The highest BCUT2D eigenvalue weighted by Crippen LogP contribution is 2.27. The fourth-order valence-electron chi connectivity index (χ4n) is 0.798. The molecule has 1 rings (SSSR count). The van der Waals surface area contributed by atoms with Crippen molar-refractivity contribution in [3.05, 3.63) is 17.5 Å². The molecule has 2 N–H and O–H groups in total. The molecule has 0 bridgehead atoms. The Morgan fingerprint density at radius 1 is 1.54 bits per heavy atom. The van der Waals surface area contributed by atoms with E-state index < -0.39 is 14.6 Å². The Hall–Kier alpha value is -0.390. The van der Waals surface area contributed by atoms with Gasteiger partial charge in [0.1, 0.15) is 4.21 Å². The maximum absolute atomic E-state index is 11.9. The van der Waals surface area contributed by atoms with Gasteiger partial charge < -0.3 is 5.73 Å². The molecule has 1 aromatic heterocycles. The zero-order chi connectivity index (χ0) is 10.1. The summed E-state index contributed by atoms with van der Waals surface area (Å²) in [6.45, 7) is 3.41. The van der Waals surface area contributed by atoms with Gasteiger partial charge in [0.15, 0.2) is 9.84 Å². The highest BCUT2D eigenvalue weighted by molar-refractivity contribution is 7.94. The molecule has 13 heavy (non-hydrogen) atoms. The Morgan fingerprint density at radius 2 is 2.15 bits per heavy atom. The van der Waals surface area contributed by atoms with Crippen LogP contribution in [0.4, 0.5) is 0 Å². The van der Waals surface area contributed by atoms with Gasteiger partial charge in [-0.1, -0.05) is 6.07 Å². The van der Waals surface area contributed by atoms with E-state index in [1.54, 1.807) is 31.4 Å². The van der Waals surface area contributed by atoms with Crippen molar-refractivity contribution in [1.82, 2.24) is 0 Å². The molecule has 0 saturated heterocycles. The van der Waals surface area contributed by atoms with Gasteiger partial charge in [-0.15, -0.1) is 11.3 Å². The van der Waals surface area contributed by atoms with Crippen molar-refractivity contribution >= 4 is 21.2 Å². The molecule has 0 unspecified atom stereocenters. The van der Waals surface area contributed by atoms with E-state index in [1.165, 1.54) is 11.3 Å². The third kappa shape index (κ3) is 1.77. The van der Waals surface area contributed by atoms with Gasteiger partial charge >= 0.3 is 0 Å². The summed E-state index contributed by atoms with van der Waals surface area (Å²) in [5.74, 6) is 0. The predicted octanol–water partition coefficient (Wildman–Crippen LogP) is 1.26. The lowest BCUT2D eigenvalue weighted by atomic mass is 10.2. The minimum absolute atomic E-state index is 0.132.